The van der Waals surface area contributed by atoms with Crippen molar-refractivity contribution < 1.29 is 4.74 Å². The van der Waals surface area contributed by atoms with Gasteiger partial charge in [-0.1, -0.05) is 18.6 Å². The van der Waals surface area contributed by atoms with Gasteiger partial charge < -0.3 is 4.74 Å². The van der Waals surface area contributed by atoms with Crippen LogP contribution in [0.3, 0.4) is 0 Å². The molecule has 1 fully saturated rings. The fourth-order valence-electron chi connectivity index (χ4n) is 2.73. The average Bonchev–Trinajstić information content (AvgIpc) is 2.41. The van der Waals surface area contributed by atoms with Gasteiger partial charge in [-0.05, 0) is 43.5 Å². The highest BCUT2D eigenvalue weighted by Crippen LogP contribution is 2.23. The maximum absolute atomic E-state index is 5.90. The van der Waals surface area contributed by atoms with Crippen molar-refractivity contribution in [3.05, 3.63) is 29.8 Å². The van der Waals surface area contributed by atoms with E-state index in [0.29, 0.717) is 6.04 Å². The number of ether oxygens (including phenoxy) is 1. The number of likely N-dealkylation sites (tertiary alicyclic amines) is 1. The van der Waals surface area contributed by atoms with Gasteiger partial charge in [0, 0.05) is 18.5 Å². The Morgan fingerprint density at radius 3 is 3.06 bits per heavy atom. The summed E-state index contributed by atoms with van der Waals surface area (Å²) in [5.41, 5.74) is 1.33. The van der Waals surface area contributed by atoms with Crippen LogP contribution in [0.4, 0.5) is 0 Å². The summed E-state index contributed by atoms with van der Waals surface area (Å²) in [7, 11) is 1.72. The maximum Gasteiger partial charge on any atom is 0.119 e. The van der Waals surface area contributed by atoms with E-state index in [4.69, 9.17) is 16.3 Å². The summed E-state index contributed by atoms with van der Waals surface area (Å²) < 4.78 is 5.28. The van der Waals surface area contributed by atoms with Crippen molar-refractivity contribution in [3.8, 4) is 5.75 Å². The van der Waals surface area contributed by atoms with Crippen molar-refractivity contribution in [2.75, 3.05) is 19.5 Å². The van der Waals surface area contributed by atoms with Crippen molar-refractivity contribution >= 4 is 11.6 Å². The van der Waals surface area contributed by atoms with Gasteiger partial charge in [0.1, 0.15) is 5.75 Å². The highest BCUT2D eigenvalue weighted by molar-refractivity contribution is 6.17. The second kappa shape index (κ2) is 7.01. The number of methoxy groups -OCH3 is 1. The van der Waals surface area contributed by atoms with E-state index in [1.54, 1.807) is 7.11 Å². The summed E-state index contributed by atoms with van der Waals surface area (Å²) in [5.74, 6) is 1.71. The second-order valence-corrected chi connectivity index (χ2v) is 5.33. The SMILES string of the molecule is COc1cccc(CN2CCCCC2CCCl)c1. The van der Waals surface area contributed by atoms with Crippen molar-refractivity contribution in [2.24, 2.45) is 0 Å². The topological polar surface area (TPSA) is 12.5 Å². The highest BCUT2D eigenvalue weighted by atomic mass is 35.5. The fraction of sp³-hybridized carbons (Fsp3) is 0.600. The van der Waals surface area contributed by atoms with Gasteiger partial charge in [0.2, 0.25) is 0 Å². The van der Waals surface area contributed by atoms with Crippen molar-refractivity contribution in [2.45, 2.75) is 38.3 Å². The molecule has 0 amide bonds. The van der Waals surface area contributed by atoms with E-state index in [2.05, 4.69) is 23.1 Å². The van der Waals surface area contributed by atoms with E-state index in [-0.39, 0.29) is 0 Å². The van der Waals surface area contributed by atoms with Gasteiger partial charge >= 0.3 is 0 Å². The number of rotatable bonds is 5. The molecule has 1 aliphatic heterocycles. The third-order valence-electron chi connectivity index (χ3n) is 3.71. The molecular formula is C15H22ClNO. The maximum atomic E-state index is 5.90. The third-order valence-corrected chi connectivity index (χ3v) is 3.93. The van der Waals surface area contributed by atoms with Crippen LogP contribution in [0.2, 0.25) is 0 Å². The molecule has 1 aromatic carbocycles. The zero-order chi connectivity index (χ0) is 12.8. The first kappa shape index (κ1) is 13.7. The second-order valence-electron chi connectivity index (χ2n) is 4.95. The molecule has 0 bridgehead atoms. The van der Waals surface area contributed by atoms with Gasteiger partial charge in [-0.15, -0.1) is 11.6 Å². The number of benzene rings is 1. The molecular weight excluding hydrogens is 246 g/mol. The molecule has 18 heavy (non-hydrogen) atoms. The molecule has 3 heteroatoms. The predicted octanol–water partition coefficient (Wildman–Crippen LogP) is 3.68. The first-order valence-corrected chi connectivity index (χ1v) is 7.30. The Morgan fingerprint density at radius 1 is 1.39 bits per heavy atom. The molecule has 2 nitrogen and oxygen atoms in total. The number of hydrogen-bond acceptors (Lipinski definition) is 2. The molecule has 100 valence electrons. The minimum absolute atomic E-state index is 0.655. The summed E-state index contributed by atoms with van der Waals surface area (Å²) in [5, 5.41) is 0. The van der Waals surface area contributed by atoms with Crippen LogP contribution in [0, 0.1) is 0 Å². The normalized spacial score (nSPS) is 20.9. The molecule has 1 atom stereocenters. The summed E-state index contributed by atoms with van der Waals surface area (Å²) in [6.45, 7) is 2.21. The van der Waals surface area contributed by atoms with Gasteiger partial charge in [-0.2, -0.15) is 0 Å². The smallest absolute Gasteiger partial charge is 0.119 e. The van der Waals surface area contributed by atoms with E-state index < -0.39 is 0 Å². The molecule has 1 aromatic rings. The van der Waals surface area contributed by atoms with E-state index >= 15 is 0 Å². The molecule has 0 radical (unpaired) electrons. The highest BCUT2D eigenvalue weighted by Gasteiger charge is 2.21. The van der Waals surface area contributed by atoms with E-state index in [0.717, 1.165) is 24.6 Å². The fourth-order valence-corrected chi connectivity index (χ4v) is 2.98. The van der Waals surface area contributed by atoms with Crippen LogP contribution in [0.5, 0.6) is 5.75 Å². The van der Waals surface area contributed by atoms with Crippen LogP contribution in [0.15, 0.2) is 24.3 Å². The lowest BCUT2D eigenvalue weighted by molar-refractivity contribution is 0.136. The minimum atomic E-state index is 0.655. The van der Waals surface area contributed by atoms with E-state index in [1.807, 2.05) is 6.07 Å². The van der Waals surface area contributed by atoms with Crippen molar-refractivity contribution in [1.29, 1.82) is 0 Å². The number of alkyl halides is 1. The van der Waals surface area contributed by atoms with Crippen molar-refractivity contribution in [3.63, 3.8) is 0 Å². The Bertz CT molecular complexity index is 367. The first-order chi connectivity index (χ1) is 8.83. The molecule has 1 aliphatic rings. The summed E-state index contributed by atoms with van der Waals surface area (Å²) >= 11 is 5.90. The lowest BCUT2D eigenvalue weighted by Gasteiger charge is -2.35. The molecule has 1 unspecified atom stereocenters. The molecule has 0 aliphatic carbocycles. The molecule has 0 saturated carbocycles. The van der Waals surface area contributed by atoms with Crippen LogP contribution >= 0.6 is 11.6 Å². The standard InChI is InChI=1S/C15H22ClNO/c1-18-15-7-4-5-13(11-15)12-17-10-3-2-6-14(17)8-9-16/h4-5,7,11,14H,2-3,6,8-10,12H2,1H3. The van der Waals surface area contributed by atoms with Gasteiger partial charge in [0.15, 0.2) is 0 Å². The van der Waals surface area contributed by atoms with Crippen LogP contribution in [-0.4, -0.2) is 30.5 Å². The molecule has 1 heterocycles. The van der Waals surface area contributed by atoms with Gasteiger partial charge in [0.25, 0.3) is 0 Å². The Labute approximate surface area is 115 Å². The van der Waals surface area contributed by atoms with Crippen molar-refractivity contribution in [1.82, 2.24) is 4.90 Å². The molecule has 1 saturated heterocycles. The van der Waals surface area contributed by atoms with Crippen LogP contribution in [0.25, 0.3) is 0 Å². The van der Waals surface area contributed by atoms with Crippen LogP contribution in [0.1, 0.15) is 31.2 Å². The van der Waals surface area contributed by atoms with Gasteiger partial charge in [-0.25, -0.2) is 0 Å². The van der Waals surface area contributed by atoms with Gasteiger partial charge in [0.05, 0.1) is 7.11 Å². The number of nitrogens with zero attached hydrogens (tertiary/aromatic N) is 1. The Hall–Kier alpha value is -0.730. The summed E-state index contributed by atoms with van der Waals surface area (Å²) in [4.78, 5) is 2.57. The van der Waals surface area contributed by atoms with Crippen LogP contribution < -0.4 is 4.74 Å². The zero-order valence-corrected chi connectivity index (χ0v) is 11.8. The number of halogens is 1. The largest absolute Gasteiger partial charge is 0.497 e. The van der Waals surface area contributed by atoms with E-state index in [9.17, 15) is 0 Å². The van der Waals surface area contributed by atoms with Gasteiger partial charge in [-0.3, -0.25) is 4.90 Å². The minimum Gasteiger partial charge on any atom is -0.497 e. The summed E-state index contributed by atoms with van der Waals surface area (Å²) in [6.07, 6.45) is 5.04. The quantitative estimate of drug-likeness (QED) is 0.755. The zero-order valence-electron chi connectivity index (χ0n) is 11.1. The van der Waals surface area contributed by atoms with E-state index in [1.165, 1.54) is 31.4 Å². The Balaban J connectivity index is 2.01. The number of hydrogen-bond donors (Lipinski definition) is 0. The van der Waals surface area contributed by atoms with Crippen LogP contribution in [-0.2, 0) is 6.54 Å². The predicted molar refractivity (Wildman–Crippen MR) is 76.4 cm³/mol. The lowest BCUT2D eigenvalue weighted by atomic mass is 9.99. The lowest BCUT2D eigenvalue weighted by Crippen LogP contribution is -2.39. The Morgan fingerprint density at radius 2 is 2.28 bits per heavy atom. The third kappa shape index (κ3) is 3.63. The Kier molecular flexibility index (Phi) is 5.33. The number of piperidine rings is 1. The molecule has 0 N–H and O–H groups in total. The molecule has 0 aromatic heterocycles. The summed E-state index contributed by atoms with van der Waals surface area (Å²) in [6, 6.07) is 9.02. The average molecular weight is 268 g/mol. The molecule has 2 rings (SSSR count). The first-order valence-electron chi connectivity index (χ1n) is 6.76. The molecule has 0 spiro atoms. The monoisotopic (exact) mass is 267 g/mol.